The first kappa shape index (κ1) is 12.6. The number of carbonyl (C=O) groups is 1. The Morgan fingerprint density at radius 1 is 1.10 bits per heavy atom. The van der Waals surface area contributed by atoms with Gasteiger partial charge in [0.05, 0.1) is 11.9 Å². The number of urea groups is 1. The van der Waals surface area contributed by atoms with Gasteiger partial charge in [0.15, 0.2) is 25.1 Å². The molecule has 0 bridgehead atoms. The standard InChI is InChI=1S/C14H14N2O4/c17-14-15-7-12-13(20-9-18-8-19-12)11(16-14)6-10-4-2-1-3-5-10/h1-5,7H,6,8-9H2,(H2,15,16,17). The van der Waals surface area contributed by atoms with Gasteiger partial charge in [-0.1, -0.05) is 30.3 Å². The molecule has 2 N–H and O–H groups in total. The third-order valence-electron chi connectivity index (χ3n) is 2.90. The van der Waals surface area contributed by atoms with Crippen LogP contribution in [-0.4, -0.2) is 19.6 Å². The maximum atomic E-state index is 11.7. The molecule has 0 spiro atoms. The number of ether oxygens (including phenoxy) is 3. The molecular weight excluding hydrogens is 260 g/mol. The number of carbonyl (C=O) groups excluding carboxylic acids is 1. The van der Waals surface area contributed by atoms with Crippen LogP contribution in [0.5, 0.6) is 0 Å². The van der Waals surface area contributed by atoms with Crippen LogP contribution in [0.1, 0.15) is 5.56 Å². The molecule has 6 heteroatoms. The maximum absolute atomic E-state index is 11.7. The van der Waals surface area contributed by atoms with E-state index in [0.29, 0.717) is 23.6 Å². The summed E-state index contributed by atoms with van der Waals surface area (Å²) in [6.07, 6.45) is 2.00. The van der Waals surface area contributed by atoms with E-state index in [1.807, 2.05) is 30.3 Å². The molecule has 6 nitrogen and oxygen atoms in total. The molecule has 1 aromatic rings. The first-order chi connectivity index (χ1) is 9.83. The molecular formula is C14H14N2O4. The Morgan fingerprint density at radius 3 is 2.75 bits per heavy atom. The zero-order valence-electron chi connectivity index (χ0n) is 10.7. The molecule has 3 rings (SSSR count). The van der Waals surface area contributed by atoms with E-state index < -0.39 is 0 Å². The van der Waals surface area contributed by atoms with E-state index in [1.54, 1.807) is 0 Å². The van der Waals surface area contributed by atoms with Gasteiger partial charge in [0.2, 0.25) is 0 Å². The Balaban J connectivity index is 1.94. The number of hydrogen-bond donors (Lipinski definition) is 2. The van der Waals surface area contributed by atoms with Crippen LogP contribution in [0.3, 0.4) is 0 Å². The van der Waals surface area contributed by atoms with Crippen LogP contribution in [0.4, 0.5) is 4.79 Å². The molecule has 1 saturated heterocycles. The van der Waals surface area contributed by atoms with Crippen LogP contribution in [-0.2, 0) is 20.6 Å². The summed E-state index contributed by atoms with van der Waals surface area (Å²) in [6, 6.07) is 9.48. The molecule has 20 heavy (non-hydrogen) atoms. The maximum Gasteiger partial charge on any atom is 0.323 e. The number of amides is 2. The van der Waals surface area contributed by atoms with Gasteiger partial charge in [-0.05, 0) is 5.56 Å². The van der Waals surface area contributed by atoms with Crippen molar-refractivity contribution < 1.29 is 19.0 Å². The molecule has 0 unspecified atom stereocenters. The number of benzene rings is 1. The van der Waals surface area contributed by atoms with E-state index in [-0.39, 0.29) is 19.6 Å². The monoisotopic (exact) mass is 274 g/mol. The number of rotatable bonds is 2. The van der Waals surface area contributed by atoms with Crippen molar-refractivity contribution in [2.45, 2.75) is 6.42 Å². The van der Waals surface area contributed by atoms with E-state index in [0.717, 1.165) is 5.56 Å². The molecule has 0 radical (unpaired) electrons. The zero-order chi connectivity index (χ0) is 13.8. The summed E-state index contributed by atoms with van der Waals surface area (Å²) in [5.74, 6) is 0.941. The van der Waals surface area contributed by atoms with Crippen LogP contribution >= 0.6 is 0 Å². The molecule has 0 saturated carbocycles. The summed E-state index contributed by atoms with van der Waals surface area (Å²) in [4.78, 5) is 11.7. The number of nitrogens with one attached hydrogen (secondary N) is 2. The van der Waals surface area contributed by atoms with Gasteiger partial charge in [0, 0.05) is 6.42 Å². The van der Waals surface area contributed by atoms with Crippen LogP contribution in [0, 0.1) is 0 Å². The highest BCUT2D eigenvalue weighted by Gasteiger charge is 2.23. The fourth-order valence-electron chi connectivity index (χ4n) is 2.00. The van der Waals surface area contributed by atoms with Gasteiger partial charge in [0.1, 0.15) is 0 Å². The molecule has 0 atom stereocenters. The van der Waals surface area contributed by atoms with Crippen molar-refractivity contribution in [2.75, 3.05) is 13.6 Å². The Morgan fingerprint density at radius 2 is 1.90 bits per heavy atom. The lowest BCUT2D eigenvalue weighted by atomic mass is 10.1. The van der Waals surface area contributed by atoms with Crippen molar-refractivity contribution in [1.82, 2.24) is 10.6 Å². The zero-order valence-corrected chi connectivity index (χ0v) is 10.7. The topological polar surface area (TPSA) is 68.8 Å². The predicted octanol–water partition coefficient (Wildman–Crippen LogP) is 1.57. The summed E-state index contributed by atoms with van der Waals surface area (Å²) in [6.45, 7) is 0.171. The van der Waals surface area contributed by atoms with E-state index >= 15 is 0 Å². The van der Waals surface area contributed by atoms with Crippen molar-refractivity contribution in [3.05, 3.63) is 59.3 Å². The minimum Gasteiger partial charge on any atom is -0.462 e. The normalized spacial score (nSPS) is 18.4. The lowest BCUT2D eigenvalue weighted by Crippen LogP contribution is -2.31. The average molecular weight is 274 g/mol. The highest BCUT2D eigenvalue weighted by molar-refractivity contribution is 5.78. The van der Waals surface area contributed by atoms with Gasteiger partial charge in [-0.2, -0.15) is 0 Å². The number of allylic oxidation sites excluding steroid dienone is 1. The van der Waals surface area contributed by atoms with Gasteiger partial charge >= 0.3 is 6.03 Å². The molecule has 1 aromatic carbocycles. The Kier molecular flexibility index (Phi) is 3.56. The average Bonchev–Trinajstić information content (AvgIpc) is 2.77. The minimum atomic E-state index is -0.322. The van der Waals surface area contributed by atoms with Crippen LogP contribution < -0.4 is 10.6 Å². The fourth-order valence-corrected chi connectivity index (χ4v) is 2.00. The molecule has 2 aliphatic heterocycles. The van der Waals surface area contributed by atoms with Crippen LogP contribution in [0.25, 0.3) is 0 Å². The largest absolute Gasteiger partial charge is 0.462 e. The number of fused-ring (bicyclic) bond motifs is 1. The van der Waals surface area contributed by atoms with E-state index in [9.17, 15) is 4.79 Å². The molecule has 2 amide bonds. The second-order valence-corrected chi connectivity index (χ2v) is 4.31. The lowest BCUT2D eigenvalue weighted by Gasteiger charge is -2.13. The predicted molar refractivity (Wildman–Crippen MR) is 69.9 cm³/mol. The van der Waals surface area contributed by atoms with Gasteiger partial charge in [-0.3, -0.25) is 0 Å². The van der Waals surface area contributed by atoms with Gasteiger partial charge in [0.25, 0.3) is 0 Å². The lowest BCUT2D eigenvalue weighted by molar-refractivity contribution is -0.0654. The third-order valence-corrected chi connectivity index (χ3v) is 2.90. The SMILES string of the molecule is O=C1NC=C2OCOCOC2=C(Cc2ccccc2)N1. The van der Waals surface area contributed by atoms with Gasteiger partial charge < -0.3 is 24.8 Å². The molecule has 0 aromatic heterocycles. The van der Waals surface area contributed by atoms with Crippen molar-refractivity contribution in [1.29, 1.82) is 0 Å². The van der Waals surface area contributed by atoms with E-state index in [4.69, 9.17) is 14.2 Å². The summed E-state index contributed by atoms with van der Waals surface area (Å²) < 4.78 is 16.0. The summed E-state index contributed by atoms with van der Waals surface area (Å²) in [7, 11) is 0. The molecule has 2 heterocycles. The van der Waals surface area contributed by atoms with Crippen molar-refractivity contribution >= 4 is 6.03 Å². The first-order valence-electron chi connectivity index (χ1n) is 6.21. The van der Waals surface area contributed by atoms with Crippen LogP contribution in [0.15, 0.2) is 53.7 Å². The summed E-state index contributed by atoms with van der Waals surface area (Å²) >= 11 is 0. The minimum absolute atomic E-state index is 0.0842. The molecule has 104 valence electrons. The second-order valence-electron chi connectivity index (χ2n) is 4.31. The third kappa shape index (κ3) is 2.75. The highest BCUT2D eigenvalue weighted by atomic mass is 16.8. The van der Waals surface area contributed by atoms with E-state index in [1.165, 1.54) is 6.20 Å². The van der Waals surface area contributed by atoms with Gasteiger partial charge in [-0.15, -0.1) is 0 Å². The quantitative estimate of drug-likeness (QED) is 0.859. The number of hydrogen-bond acceptors (Lipinski definition) is 4. The second kappa shape index (κ2) is 5.66. The highest BCUT2D eigenvalue weighted by Crippen LogP contribution is 2.23. The Labute approximate surface area is 116 Å². The van der Waals surface area contributed by atoms with Crippen LogP contribution in [0.2, 0.25) is 0 Å². The molecule has 2 aliphatic rings. The fraction of sp³-hybridized carbons (Fsp3) is 0.214. The Bertz CT molecular complexity index is 566. The van der Waals surface area contributed by atoms with Crippen molar-refractivity contribution in [2.24, 2.45) is 0 Å². The van der Waals surface area contributed by atoms with E-state index in [2.05, 4.69) is 10.6 Å². The van der Waals surface area contributed by atoms with Crippen molar-refractivity contribution in [3.8, 4) is 0 Å². The van der Waals surface area contributed by atoms with Gasteiger partial charge in [-0.25, -0.2) is 4.79 Å². The molecule has 0 aliphatic carbocycles. The molecule has 1 fully saturated rings. The first-order valence-corrected chi connectivity index (χ1v) is 6.21. The summed E-state index contributed by atoms with van der Waals surface area (Å²) in [5.41, 5.74) is 1.70. The smallest absolute Gasteiger partial charge is 0.323 e. The summed E-state index contributed by atoms with van der Waals surface area (Å²) in [5, 5.41) is 5.34. The van der Waals surface area contributed by atoms with Crippen molar-refractivity contribution in [3.63, 3.8) is 0 Å². The Hall–Kier alpha value is -2.47.